The number of hydrogen-bond acceptors (Lipinski definition) is 3. The van der Waals surface area contributed by atoms with E-state index in [1.807, 2.05) is 13.8 Å². The molecule has 1 aliphatic rings. The Balaban J connectivity index is 2.19. The summed E-state index contributed by atoms with van der Waals surface area (Å²) in [4.78, 5) is 13.9. The Morgan fingerprint density at radius 3 is 2.94 bits per heavy atom. The van der Waals surface area contributed by atoms with E-state index in [9.17, 15) is 4.79 Å². The van der Waals surface area contributed by atoms with Crippen molar-refractivity contribution in [1.29, 1.82) is 0 Å². The van der Waals surface area contributed by atoms with Gasteiger partial charge in [0, 0.05) is 38.8 Å². The molecule has 0 bridgehead atoms. The summed E-state index contributed by atoms with van der Waals surface area (Å²) in [5.74, 6) is 0.232. The van der Waals surface area contributed by atoms with Gasteiger partial charge in [0.05, 0.1) is 0 Å². The fourth-order valence-corrected chi connectivity index (χ4v) is 2.30. The molecule has 17 heavy (non-hydrogen) atoms. The van der Waals surface area contributed by atoms with Crippen molar-refractivity contribution in [1.82, 2.24) is 10.2 Å². The number of carbonyl (C=O) groups excluding carboxylic acids is 1. The van der Waals surface area contributed by atoms with Gasteiger partial charge in [-0.25, -0.2) is 0 Å². The van der Waals surface area contributed by atoms with E-state index < -0.39 is 0 Å². The fourth-order valence-electron chi connectivity index (χ4n) is 2.30. The van der Waals surface area contributed by atoms with Crippen LogP contribution in [0.25, 0.3) is 0 Å². The number of nitrogens with zero attached hydrogens (tertiary/aromatic N) is 1. The van der Waals surface area contributed by atoms with Gasteiger partial charge in [-0.15, -0.1) is 0 Å². The van der Waals surface area contributed by atoms with Crippen LogP contribution in [0.4, 0.5) is 0 Å². The van der Waals surface area contributed by atoms with Crippen molar-refractivity contribution in [3.8, 4) is 0 Å². The van der Waals surface area contributed by atoms with Gasteiger partial charge >= 0.3 is 0 Å². The zero-order valence-corrected chi connectivity index (χ0v) is 11.4. The minimum atomic E-state index is 0.0814. The van der Waals surface area contributed by atoms with Gasteiger partial charge in [-0.1, -0.05) is 13.8 Å². The van der Waals surface area contributed by atoms with Crippen LogP contribution in [-0.2, 0) is 9.53 Å². The third kappa shape index (κ3) is 5.04. The van der Waals surface area contributed by atoms with Crippen molar-refractivity contribution in [2.24, 2.45) is 5.92 Å². The number of likely N-dealkylation sites (tertiary alicyclic amines) is 1. The van der Waals surface area contributed by atoms with Crippen molar-refractivity contribution in [3.05, 3.63) is 0 Å². The minimum absolute atomic E-state index is 0.0814. The lowest BCUT2D eigenvalue weighted by Crippen LogP contribution is -2.39. The second kappa shape index (κ2) is 7.67. The Morgan fingerprint density at radius 2 is 2.29 bits per heavy atom. The van der Waals surface area contributed by atoms with Gasteiger partial charge in [0.25, 0.3) is 0 Å². The molecule has 4 heteroatoms. The molecule has 100 valence electrons. The molecule has 0 aromatic carbocycles. The molecule has 1 unspecified atom stereocenters. The number of methoxy groups -OCH3 is 1. The quantitative estimate of drug-likeness (QED) is 0.731. The van der Waals surface area contributed by atoms with E-state index in [4.69, 9.17) is 4.74 Å². The first-order chi connectivity index (χ1) is 8.15. The average molecular weight is 242 g/mol. The highest BCUT2D eigenvalue weighted by atomic mass is 16.5. The molecule has 1 atom stereocenters. The van der Waals surface area contributed by atoms with Crippen LogP contribution in [0, 0.1) is 5.92 Å². The van der Waals surface area contributed by atoms with Crippen molar-refractivity contribution >= 4 is 5.91 Å². The Labute approximate surface area is 105 Å². The van der Waals surface area contributed by atoms with E-state index in [0.29, 0.717) is 6.04 Å². The maximum absolute atomic E-state index is 11.4. The number of hydrogen-bond donors (Lipinski definition) is 1. The molecular weight excluding hydrogens is 216 g/mol. The monoisotopic (exact) mass is 242 g/mol. The maximum Gasteiger partial charge on any atom is 0.222 e. The van der Waals surface area contributed by atoms with Gasteiger partial charge in [-0.3, -0.25) is 9.69 Å². The molecule has 1 amide bonds. The van der Waals surface area contributed by atoms with Crippen LogP contribution in [0.5, 0.6) is 0 Å². The molecule has 0 saturated carbocycles. The molecule has 0 aliphatic carbocycles. The van der Waals surface area contributed by atoms with Crippen LogP contribution in [0.1, 0.15) is 33.1 Å². The number of ether oxygens (including phenoxy) is 1. The lowest BCUT2D eigenvalue weighted by Gasteiger charge is -2.24. The summed E-state index contributed by atoms with van der Waals surface area (Å²) in [6.07, 6.45) is 3.64. The number of nitrogens with one attached hydrogen (secondary N) is 1. The summed E-state index contributed by atoms with van der Waals surface area (Å²) >= 11 is 0. The predicted octanol–water partition coefficient (Wildman–Crippen LogP) is 1.26. The van der Waals surface area contributed by atoms with E-state index in [-0.39, 0.29) is 11.8 Å². The van der Waals surface area contributed by atoms with Gasteiger partial charge in [-0.05, 0) is 25.8 Å². The minimum Gasteiger partial charge on any atom is -0.385 e. The van der Waals surface area contributed by atoms with Crippen molar-refractivity contribution in [2.75, 3.05) is 33.4 Å². The Hall–Kier alpha value is -0.610. The summed E-state index contributed by atoms with van der Waals surface area (Å²) < 4.78 is 5.13. The third-order valence-corrected chi connectivity index (χ3v) is 3.38. The molecule has 0 aromatic heterocycles. The van der Waals surface area contributed by atoms with E-state index in [1.54, 1.807) is 7.11 Å². The SMILES string of the molecule is COCCC1CCCN1CCNC(=O)C(C)C. The molecule has 4 nitrogen and oxygen atoms in total. The topological polar surface area (TPSA) is 41.6 Å². The fraction of sp³-hybridized carbons (Fsp3) is 0.923. The smallest absolute Gasteiger partial charge is 0.222 e. The lowest BCUT2D eigenvalue weighted by molar-refractivity contribution is -0.124. The highest BCUT2D eigenvalue weighted by molar-refractivity contribution is 5.77. The highest BCUT2D eigenvalue weighted by Crippen LogP contribution is 2.19. The Morgan fingerprint density at radius 1 is 1.53 bits per heavy atom. The highest BCUT2D eigenvalue weighted by Gasteiger charge is 2.23. The first-order valence-electron chi connectivity index (χ1n) is 6.66. The molecule has 1 aliphatic heterocycles. The van der Waals surface area contributed by atoms with E-state index >= 15 is 0 Å². The molecule has 1 fully saturated rings. The number of amides is 1. The molecular formula is C13H26N2O2. The van der Waals surface area contributed by atoms with Crippen molar-refractivity contribution in [3.63, 3.8) is 0 Å². The Bertz CT molecular complexity index is 231. The third-order valence-electron chi connectivity index (χ3n) is 3.38. The number of carbonyl (C=O) groups is 1. The second-order valence-corrected chi connectivity index (χ2v) is 5.06. The standard InChI is InChI=1S/C13H26N2O2/c1-11(2)13(16)14-7-9-15-8-4-5-12(15)6-10-17-3/h11-12H,4-10H2,1-3H3,(H,14,16). The molecule has 1 heterocycles. The van der Waals surface area contributed by atoms with Gasteiger partial charge in [0.1, 0.15) is 0 Å². The first-order valence-corrected chi connectivity index (χ1v) is 6.66. The Kier molecular flexibility index (Phi) is 6.52. The summed E-state index contributed by atoms with van der Waals surface area (Å²) in [5.41, 5.74) is 0. The van der Waals surface area contributed by atoms with Crippen LogP contribution >= 0.6 is 0 Å². The lowest BCUT2D eigenvalue weighted by atomic mass is 10.1. The van der Waals surface area contributed by atoms with Crippen LogP contribution < -0.4 is 5.32 Å². The van der Waals surface area contributed by atoms with Crippen LogP contribution in [0.2, 0.25) is 0 Å². The summed E-state index contributed by atoms with van der Waals surface area (Å²) in [7, 11) is 1.75. The van der Waals surface area contributed by atoms with Crippen molar-refractivity contribution < 1.29 is 9.53 Å². The molecule has 1 rings (SSSR count). The van der Waals surface area contributed by atoms with Gasteiger partial charge in [0.15, 0.2) is 0 Å². The molecule has 0 radical (unpaired) electrons. The maximum atomic E-state index is 11.4. The first kappa shape index (κ1) is 14.5. The van der Waals surface area contributed by atoms with Crippen molar-refractivity contribution in [2.45, 2.75) is 39.2 Å². The zero-order chi connectivity index (χ0) is 12.7. The predicted molar refractivity (Wildman–Crippen MR) is 68.9 cm³/mol. The summed E-state index contributed by atoms with van der Waals surface area (Å²) in [5, 5.41) is 2.97. The molecule has 1 N–H and O–H groups in total. The van der Waals surface area contributed by atoms with Gasteiger partial charge in [0.2, 0.25) is 5.91 Å². The van der Waals surface area contributed by atoms with E-state index in [1.165, 1.54) is 12.8 Å². The molecule has 0 aromatic rings. The normalized spacial score (nSPS) is 21.1. The summed E-state index contributed by atoms with van der Waals surface area (Å²) in [6, 6.07) is 0.644. The van der Waals surface area contributed by atoms with Crippen LogP contribution in [-0.4, -0.2) is 50.2 Å². The van der Waals surface area contributed by atoms with Gasteiger partial charge < -0.3 is 10.1 Å². The second-order valence-electron chi connectivity index (χ2n) is 5.06. The van der Waals surface area contributed by atoms with Crippen LogP contribution in [0.3, 0.4) is 0 Å². The average Bonchev–Trinajstić information content (AvgIpc) is 2.73. The zero-order valence-electron chi connectivity index (χ0n) is 11.4. The summed E-state index contributed by atoms with van der Waals surface area (Å²) in [6.45, 7) is 7.57. The number of rotatable bonds is 7. The van der Waals surface area contributed by atoms with Crippen LogP contribution in [0.15, 0.2) is 0 Å². The van der Waals surface area contributed by atoms with E-state index in [2.05, 4.69) is 10.2 Å². The van der Waals surface area contributed by atoms with Gasteiger partial charge in [-0.2, -0.15) is 0 Å². The molecule has 0 spiro atoms. The largest absolute Gasteiger partial charge is 0.385 e. The molecule has 1 saturated heterocycles. The van der Waals surface area contributed by atoms with E-state index in [0.717, 1.165) is 32.7 Å².